The van der Waals surface area contributed by atoms with Crippen molar-refractivity contribution in [2.24, 2.45) is 0 Å². The Morgan fingerprint density at radius 3 is 2.78 bits per heavy atom. The number of thiazole rings is 1. The van der Waals surface area contributed by atoms with Crippen molar-refractivity contribution >= 4 is 33.0 Å². The van der Waals surface area contributed by atoms with Crippen molar-refractivity contribution in [2.75, 3.05) is 7.05 Å². The summed E-state index contributed by atoms with van der Waals surface area (Å²) < 4.78 is 25.9. The van der Waals surface area contributed by atoms with Gasteiger partial charge in [-0.2, -0.15) is 4.31 Å². The van der Waals surface area contributed by atoms with Crippen LogP contribution in [0.2, 0.25) is 4.47 Å². The van der Waals surface area contributed by atoms with Crippen LogP contribution in [-0.2, 0) is 16.6 Å². The van der Waals surface area contributed by atoms with Crippen LogP contribution in [0.5, 0.6) is 0 Å². The van der Waals surface area contributed by atoms with Gasteiger partial charge in [-0.3, -0.25) is 4.98 Å². The lowest BCUT2D eigenvalue weighted by Crippen LogP contribution is -2.25. The molecule has 0 fully saturated rings. The molecule has 0 amide bonds. The molecule has 2 aromatic rings. The standard InChI is InChI=1S/C10H10ClN3O2S2/c1-14(7-8-3-2-4-12-5-8)18(15,16)9-6-13-10(11)17-9/h2-6H,7H2,1H3. The molecule has 0 aliphatic rings. The first kappa shape index (κ1) is 13.4. The summed E-state index contributed by atoms with van der Waals surface area (Å²) in [4.78, 5) is 7.68. The average molecular weight is 304 g/mol. The van der Waals surface area contributed by atoms with Crippen molar-refractivity contribution in [2.45, 2.75) is 10.8 Å². The summed E-state index contributed by atoms with van der Waals surface area (Å²) in [5, 5.41) is 0. The van der Waals surface area contributed by atoms with E-state index in [1.54, 1.807) is 18.5 Å². The topological polar surface area (TPSA) is 63.2 Å². The van der Waals surface area contributed by atoms with Gasteiger partial charge in [0.2, 0.25) is 0 Å². The molecule has 0 atom stereocenters. The zero-order chi connectivity index (χ0) is 13.2. The van der Waals surface area contributed by atoms with Crippen LogP contribution in [0.15, 0.2) is 34.9 Å². The Hall–Kier alpha value is -1.02. The third-order valence-corrected chi connectivity index (χ3v) is 5.60. The van der Waals surface area contributed by atoms with Gasteiger partial charge in [-0.25, -0.2) is 13.4 Å². The van der Waals surface area contributed by atoms with Crippen LogP contribution in [0.4, 0.5) is 0 Å². The highest BCUT2D eigenvalue weighted by molar-refractivity contribution is 7.91. The number of rotatable bonds is 4. The van der Waals surface area contributed by atoms with Gasteiger partial charge in [0.1, 0.15) is 0 Å². The van der Waals surface area contributed by atoms with Crippen LogP contribution in [0.25, 0.3) is 0 Å². The van der Waals surface area contributed by atoms with Gasteiger partial charge in [0.05, 0.1) is 6.20 Å². The molecule has 2 heterocycles. The van der Waals surface area contributed by atoms with Crippen molar-refractivity contribution < 1.29 is 8.42 Å². The molecule has 5 nitrogen and oxygen atoms in total. The maximum absolute atomic E-state index is 12.2. The zero-order valence-electron chi connectivity index (χ0n) is 9.45. The van der Waals surface area contributed by atoms with Gasteiger partial charge in [-0.1, -0.05) is 29.0 Å². The molecule has 0 saturated heterocycles. The molecule has 2 aromatic heterocycles. The molecule has 0 radical (unpaired) electrons. The van der Waals surface area contributed by atoms with E-state index in [-0.39, 0.29) is 15.2 Å². The van der Waals surface area contributed by atoms with Gasteiger partial charge < -0.3 is 0 Å². The van der Waals surface area contributed by atoms with Crippen molar-refractivity contribution in [3.05, 3.63) is 40.8 Å². The molecule has 0 saturated carbocycles. The third-order valence-electron chi connectivity index (χ3n) is 2.25. The largest absolute Gasteiger partial charge is 0.264 e. The predicted molar refractivity (Wildman–Crippen MR) is 70.0 cm³/mol. The Labute approximate surface area is 114 Å². The smallest absolute Gasteiger partial charge is 0.254 e. The van der Waals surface area contributed by atoms with E-state index < -0.39 is 10.0 Å². The van der Waals surface area contributed by atoms with Gasteiger partial charge >= 0.3 is 0 Å². The Balaban J connectivity index is 2.21. The summed E-state index contributed by atoms with van der Waals surface area (Å²) in [7, 11) is -2.03. The summed E-state index contributed by atoms with van der Waals surface area (Å²) in [6.45, 7) is 0.256. The summed E-state index contributed by atoms with van der Waals surface area (Å²) >= 11 is 6.59. The minimum Gasteiger partial charge on any atom is -0.264 e. The lowest BCUT2D eigenvalue weighted by Gasteiger charge is -2.15. The molecular formula is C10H10ClN3O2S2. The minimum absolute atomic E-state index is 0.138. The molecule has 0 aromatic carbocycles. The first-order valence-electron chi connectivity index (χ1n) is 4.97. The van der Waals surface area contributed by atoms with E-state index in [2.05, 4.69) is 9.97 Å². The number of nitrogens with zero attached hydrogens (tertiary/aromatic N) is 3. The predicted octanol–water partition coefficient (Wildman–Crippen LogP) is 2.01. The highest BCUT2D eigenvalue weighted by atomic mass is 35.5. The Bertz CT molecular complexity index is 628. The van der Waals surface area contributed by atoms with Crippen molar-refractivity contribution in [1.82, 2.24) is 14.3 Å². The van der Waals surface area contributed by atoms with E-state index >= 15 is 0 Å². The number of halogens is 1. The molecule has 0 bridgehead atoms. The van der Waals surface area contributed by atoms with Crippen LogP contribution >= 0.6 is 22.9 Å². The van der Waals surface area contributed by atoms with Gasteiger partial charge in [-0.05, 0) is 11.6 Å². The number of aromatic nitrogens is 2. The second kappa shape index (κ2) is 5.31. The monoisotopic (exact) mass is 303 g/mol. The summed E-state index contributed by atoms with van der Waals surface area (Å²) in [6.07, 6.45) is 4.54. The SMILES string of the molecule is CN(Cc1cccnc1)S(=O)(=O)c1cnc(Cl)s1. The fraction of sp³-hybridized carbons (Fsp3) is 0.200. The Kier molecular flexibility index (Phi) is 3.96. The maximum Gasteiger partial charge on any atom is 0.254 e. The number of sulfonamides is 1. The van der Waals surface area contributed by atoms with Crippen molar-refractivity contribution in [3.63, 3.8) is 0 Å². The lowest BCUT2D eigenvalue weighted by molar-refractivity contribution is 0.468. The van der Waals surface area contributed by atoms with Crippen LogP contribution in [0.3, 0.4) is 0 Å². The number of hydrogen-bond acceptors (Lipinski definition) is 5. The quantitative estimate of drug-likeness (QED) is 0.867. The molecule has 0 aliphatic heterocycles. The van der Waals surface area contributed by atoms with Crippen LogP contribution in [0, 0.1) is 0 Å². The number of hydrogen-bond donors (Lipinski definition) is 0. The molecule has 2 rings (SSSR count). The van der Waals surface area contributed by atoms with E-state index in [9.17, 15) is 8.42 Å². The summed E-state index contributed by atoms with van der Waals surface area (Å²) in [5.41, 5.74) is 0.819. The Morgan fingerprint density at radius 2 is 2.22 bits per heavy atom. The molecule has 96 valence electrons. The molecule has 8 heteroatoms. The van der Waals surface area contributed by atoms with Crippen LogP contribution < -0.4 is 0 Å². The fourth-order valence-electron chi connectivity index (χ4n) is 1.35. The normalized spacial score (nSPS) is 11.9. The second-order valence-electron chi connectivity index (χ2n) is 3.55. The van der Waals surface area contributed by atoms with E-state index in [0.717, 1.165) is 16.9 Å². The van der Waals surface area contributed by atoms with Gasteiger partial charge in [0, 0.05) is 26.0 Å². The first-order valence-corrected chi connectivity index (χ1v) is 7.60. The maximum atomic E-state index is 12.2. The van der Waals surface area contributed by atoms with Crippen molar-refractivity contribution in [1.29, 1.82) is 0 Å². The molecule has 0 aliphatic carbocycles. The fourth-order valence-corrected chi connectivity index (χ4v) is 4.01. The second-order valence-corrected chi connectivity index (χ2v) is 7.44. The zero-order valence-corrected chi connectivity index (χ0v) is 11.8. The highest BCUT2D eigenvalue weighted by Gasteiger charge is 2.23. The molecule has 0 unspecified atom stereocenters. The summed E-state index contributed by atoms with van der Waals surface area (Å²) in [5.74, 6) is 0. The van der Waals surface area contributed by atoms with Crippen LogP contribution in [-0.4, -0.2) is 29.7 Å². The lowest BCUT2D eigenvalue weighted by atomic mass is 10.3. The van der Waals surface area contributed by atoms with E-state index in [1.165, 1.54) is 17.5 Å². The molecule has 18 heavy (non-hydrogen) atoms. The third kappa shape index (κ3) is 2.86. The average Bonchev–Trinajstić information content (AvgIpc) is 2.78. The number of pyridine rings is 1. The van der Waals surface area contributed by atoms with Gasteiger partial charge in [0.15, 0.2) is 8.68 Å². The molecular weight excluding hydrogens is 294 g/mol. The summed E-state index contributed by atoms with van der Waals surface area (Å²) in [6, 6.07) is 3.58. The molecule has 0 N–H and O–H groups in total. The van der Waals surface area contributed by atoms with Crippen molar-refractivity contribution in [3.8, 4) is 0 Å². The molecule has 0 spiro atoms. The van der Waals surface area contributed by atoms with Gasteiger partial charge in [-0.15, -0.1) is 0 Å². The minimum atomic E-state index is -3.54. The van der Waals surface area contributed by atoms with E-state index in [1.807, 2.05) is 6.07 Å². The van der Waals surface area contributed by atoms with E-state index in [4.69, 9.17) is 11.6 Å². The van der Waals surface area contributed by atoms with Gasteiger partial charge in [0.25, 0.3) is 10.0 Å². The van der Waals surface area contributed by atoms with E-state index in [0.29, 0.717) is 0 Å². The highest BCUT2D eigenvalue weighted by Crippen LogP contribution is 2.25. The first-order chi connectivity index (χ1) is 8.50. The van der Waals surface area contributed by atoms with Crippen LogP contribution in [0.1, 0.15) is 5.56 Å². The Morgan fingerprint density at radius 1 is 1.44 bits per heavy atom.